The van der Waals surface area contributed by atoms with Crippen LogP contribution in [0.4, 0.5) is 0 Å². The van der Waals surface area contributed by atoms with Crippen LogP contribution < -0.4 is 0 Å². The summed E-state index contributed by atoms with van der Waals surface area (Å²) in [5.41, 5.74) is 9.89. The number of rotatable bonds is 4. The highest BCUT2D eigenvalue weighted by atomic mass is 15.1. The highest BCUT2D eigenvalue weighted by molar-refractivity contribution is 5.91. The Balaban J connectivity index is 1.39. The quantitative estimate of drug-likeness (QED) is 0.282. The summed E-state index contributed by atoms with van der Waals surface area (Å²) in [6.07, 6.45) is 1.87. The number of fused-ring (bicyclic) bond motifs is 1. The first-order valence-corrected chi connectivity index (χ1v) is 11.4. The molecular formula is C31H23N3. The van der Waals surface area contributed by atoms with E-state index < -0.39 is 0 Å². The lowest BCUT2D eigenvalue weighted by atomic mass is 10.0. The van der Waals surface area contributed by atoms with Crippen molar-refractivity contribution in [2.24, 2.45) is 0 Å². The first-order valence-electron chi connectivity index (χ1n) is 11.4. The lowest BCUT2D eigenvalue weighted by Gasteiger charge is -2.09. The van der Waals surface area contributed by atoms with E-state index in [4.69, 9.17) is 9.97 Å². The van der Waals surface area contributed by atoms with Crippen LogP contribution in [0, 0.1) is 6.92 Å². The fourth-order valence-corrected chi connectivity index (χ4v) is 4.53. The van der Waals surface area contributed by atoms with E-state index >= 15 is 0 Å². The van der Waals surface area contributed by atoms with Gasteiger partial charge in [0.1, 0.15) is 11.3 Å². The van der Waals surface area contributed by atoms with Crippen molar-refractivity contribution in [3.63, 3.8) is 0 Å². The van der Waals surface area contributed by atoms with Crippen molar-refractivity contribution >= 4 is 11.2 Å². The molecule has 34 heavy (non-hydrogen) atoms. The predicted molar refractivity (Wildman–Crippen MR) is 140 cm³/mol. The molecule has 0 unspecified atom stereocenters. The molecule has 3 heteroatoms. The number of pyridine rings is 1. The zero-order valence-electron chi connectivity index (χ0n) is 18.9. The maximum absolute atomic E-state index is 4.93. The Kier molecular flexibility index (Phi) is 5.00. The standard InChI is InChI=1S/C31H23N3/c1-22-33-30-29(27-14-12-25(13-15-27)23-8-4-2-5-9-23)20-21-32-31(30)34(22)28-18-16-26(17-19-28)24-10-6-3-7-11-24/h2-21H,1H3. The number of nitrogens with zero attached hydrogens (tertiary/aromatic N) is 3. The van der Waals surface area contributed by atoms with Gasteiger partial charge in [0.25, 0.3) is 0 Å². The Morgan fingerprint density at radius 1 is 0.529 bits per heavy atom. The summed E-state index contributed by atoms with van der Waals surface area (Å²) in [6, 6.07) is 40.2. The van der Waals surface area contributed by atoms with Crippen molar-refractivity contribution in [3.05, 3.63) is 127 Å². The van der Waals surface area contributed by atoms with Crippen molar-refractivity contribution in [2.75, 3.05) is 0 Å². The van der Waals surface area contributed by atoms with Crippen LogP contribution >= 0.6 is 0 Å². The SMILES string of the molecule is Cc1nc2c(-c3ccc(-c4ccccc4)cc3)ccnc2n1-c1ccc(-c2ccccc2)cc1. The van der Waals surface area contributed by atoms with Crippen molar-refractivity contribution in [1.29, 1.82) is 0 Å². The Morgan fingerprint density at radius 2 is 1.03 bits per heavy atom. The third-order valence-corrected chi connectivity index (χ3v) is 6.25. The Morgan fingerprint density at radius 3 is 1.62 bits per heavy atom. The van der Waals surface area contributed by atoms with Crippen LogP contribution in [0.25, 0.3) is 50.2 Å². The Bertz CT molecular complexity index is 1560. The average Bonchev–Trinajstić information content (AvgIpc) is 3.26. The highest BCUT2D eigenvalue weighted by Gasteiger charge is 2.15. The maximum Gasteiger partial charge on any atom is 0.165 e. The first-order chi connectivity index (χ1) is 16.8. The molecule has 0 spiro atoms. The number of imidazole rings is 1. The fraction of sp³-hybridized carbons (Fsp3) is 0.0323. The molecule has 0 aliphatic carbocycles. The topological polar surface area (TPSA) is 30.7 Å². The minimum absolute atomic E-state index is 0.870. The second kappa shape index (κ2) is 8.45. The van der Waals surface area contributed by atoms with Crippen LogP contribution in [0.2, 0.25) is 0 Å². The predicted octanol–water partition coefficient (Wildman–Crippen LogP) is 7.73. The van der Waals surface area contributed by atoms with Gasteiger partial charge in [-0.3, -0.25) is 4.57 Å². The number of benzene rings is 4. The Labute approximate surface area is 199 Å². The van der Waals surface area contributed by atoms with Gasteiger partial charge in [-0.25, -0.2) is 9.97 Å². The minimum Gasteiger partial charge on any atom is -0.281 e. The zero-order valence-corrected chi connectivity index (χ0v) is 18.9. The number of hydrogen-bond acceptors (Lipinski definition) is 2. The molecule has 0 bridgehead atoms. The van der Waals surface area contributed by atoms with Crippen LogP contribution in [0.15, 0.2) is 121 Å². The summed E-state index contributed by atoms with van der Waals surface area (Å²) in [5, 5.41) is 0. The van der Waals surface area contributed by atoms with Crippen LogP contribution in [0.3, 0.4) is 0 Å². The molecular weight excluding hydrogens is 414 g/mol. The monoisotopic (exact) mass is 437 g/mol. The summed E-state index contributed by atoms with van der Waals surface area (Å²) in [6.45, 7) is 2.04. The van der Waals surface area contributed by atoms with Crippen LogP contribution in [-0.4, -0.2) is 14.5 Å². The van der Waals surface area contributed by atoms with Crippen LogP contribution in [0.1, 0.15) is 5.82 Å². The molecule has 0 aliphatic rings. The molecule has 0 fully saturated rings. The van der Waals surface area contributed by atoms with E-state index in [1.807, 2.05) is 25.3 Å². The molecule has 6 rings (SSSR count). The van der Waals surface area contributed by atoms with Crippen molar-refractivity contribution in [3.8, 4) is 39.1 Å². The van der Waals surface area contributed by atoms with Gasteiger partial charge >= 0.3 is 0 Å². The molecule has 0 atom stereocenters. The van der Waals surface area contributed by atoms with Gasteiger partial charge in [0.15, 0.2) is 5.65 Å². The average molecular weight is 438 g/mol. The summed E-state index contributed by atoms with van der Waals surface area (Å²) >= 11 is 0. The Hall–Kier alpha value is -4.50. The molecule has 0 saturated carbocycles. The smallest absolute Gasteiger partial charge is 0.165 e. The van der Waals surface area contributed by atoms with Crippen molar-refractivity contribution in [2.45, 2.75) is 6.92 Å². The molecule has 0 amide bonds. The molecule has 0 saturated heterocycles. The lowest BCUT2D eigenvalue weighted by molar-refractivity contribution is 0.987. The summed E-state index contributed by atoms with van der Waals surface area (Å²) in [4.78, 5) is 9.64. The fourth-order valence-electron chi connectivity index (χ4n) is 4.53. The number of aromatic nitrogens is 3. The van der Waals surface area contributed by atoms with Gasteiger partial charge in [0.2, 0.25) is 0 Å². The van der Waals surface area contributed by atoms with Crippen LogP contribution in [-0.2, 0) is 0 Å². The molecule has 2 heterocycles. The highest BCUT2D eigenvalue weighted by Crippen LogP contribution is 2.31. The van der Waals surface area contributed by atoms with Gasteiger partial charge in [0.05, 0.1) is 0 Å². The van der Waals surface area contributed by atoms with Gasteiger partial charge < -0.3 is 0 Å². The summed E-state index contributed by atoms with van der Waals surface area (Å²) < 4.78 is 2.13. The van der Waals surface area contributed by atoms with Gasteiger partial charge in [-0.2, -0.15) is 0 Å². The summed E-state index contributed by atoms with van der Waals surface area (Å²) in [7, 11) is 0. The third-order valence-electron chi connectivity index (χ3n) is 6.25. The zero-order chi connectivity index (χ0) is 22.9. The number of aryl methyl sites for hydroxylation is 1. The molecule has 0 radical (unpaired) electrons. The molecule has 4 aromatic carbocycles. The van der Waals surface area contributed by atoms with E-state index in [9.17, 15) is 0 Å². The molecule has 3 nitrogen and oxygen atoms in total. The van der Waals surface area contributed by atoms with Gasteiger partial charge in [-0.1, -0.05) is 97.1 Å². The second-order valence-corrected chi connectivity index (χ2v) is 8.38. The maximum atomic E-state index is 4.93. The number of hydrogen-bond donors (Lipinski definition) is 0. The minimum atomic E-state index is 0.870. The molecule has 162 valence electrons. The molecule has 0 aliphatic heterocycles. The van der Waals surface area contributed by atoms with Gasteiger partial charge in [-0.05, 0) is 52.9 Å². The van der Waals surface area contributed by atoms with Crippen molar-refractivity contribution in [1.82, 2.24) is 14.5 Å². The first kappa shape index (κ1) is 20.1. The normalized spacial score (nSPS) is 11.1. The lowest BCUT2D eigenvalue weighted by Crippen LogP contribution is -1.98. The third kappa shape index (κ3) is 3.57. The summed E-state index contributed by atoms with van der Waals surface area (Å²) in [5.74, 6) is 0.920. The van der Waals surface area contributed by atoms with E-state index in [0.717, 1.165) is 33.8 Å². The van der Waals surface area contributed by atoms with E-state index in [0.29, 0.717) is 0 Å². The van der Waals surface area contributed by atoms with Gasteiger partial charge in [-0.15, -0.1) is 0 Å². The largest absolute Gasteiger partial charge is 0.281 e. The van der Waals surface area contributed by atoms with E-state index in [1.165, 1.54) is 22.3 Å². The molecule has 6 aromatic rings. The molecule has 2 aromatic heterocycles. The molecule has 0 N–H and O–H groups in total. The van der Waals surface area contributed by atoms with E-state index in [2.05, 4.69) is 108 Å². The second-order valence-electron chi connectivity index (χ2n) is 8.38. The van der Waals surface area contributed by atoms with Crippen molar-refractivity contribution < 1.29 is 0 Å². The van der Waals surface area contributed by atoms with E-state index in [1.54, 1.807) is 0 Å². The van der Waals surface area contributed by atoms with E-state index in [-0.39, 0.29) is 0 Å². The van der Waals surface area contributed by atoms with Crippen LogP contribution in [0.5, 0.6) is 0 Å². The van der Waals surface area contributed by atoms with Gasteiger partial charge in [0, 0.05) is 17.4 Å².